The Hall–Kier alpha value is -2.45. The van der Waals surface area contributed by atoms with Crippen LogP contribution >= 0.6 is 0 Å². The van der Waals surface area contributed by atoms with Crippen LogP contribution in [0.15, 0.2) is 36.5 Å². The molecule has 0 radical (unpaired) electrons. The van der Waals surface area contributed by atoms with Gasteiger partial charge in [0, 0.05) is 19.3 Å². The van der Waals surface area contributed by atoms with Gasteiger partial charge in [-0.2, -0.15) is 0 Å². The number of carboxylic acids is 1. The summed E-state index contributed by atoms with van der Waals surface area (Å²) in [4.78, 5) is 36.9. The average molecular weight is 735 g/mol. The highest BCUT2D eigenvalue weighted by Crippen LogP contribution is 2.14. The number of hydrogen-bond donors (Lipinski definition) is 1. The molecule has 2 unspecified atom stereocenters. The fourth-order valence-electron chi connectivity index (χ4n) is 6.05. The van der Waals surface area contributed by atoms with Gasteiger partial charge in [-0.15, -0.1) is 0 Å². The molecule has 0 aromatic carbocycles. The summed E-state index contributed by atoms with van der Waals surface area (Å²) in [6.45, 7) is 4.60. The summed E-state index contributed by atoms with van der Waals surface area (Å²) in [6.07, 6.45) is 38.9. The molecule has 0 aliphatic rings. The first-order valence-corrected chi connectivity index (χ1v) is 21.0. The van der Waals surface area contributed by atoms with Gasteiger partial charge < -0.3 is 23.8 Å². The van der Waals surface area contributed by atoms with Gasteiger partial charge in [-0.05, 0) is 44.9 Å². The van der Waals surface area contributed by atoms with Gasteiger partial charge in [0.25, 0.3) is 0 Å². The van der Waals surface area contributed by atoms with Crippen molar-refractivity contribution in [3.05, 3.63) is 36.5 Å². The molecule has 302 valence electrons. The van der Waals surface area contributed by atoms with Crippen LogP contribution < -0.4 is 0 Å². The molecule has 0 saturated carbocycles. The highest BCUT2D eigenvalue weighted by atomic mass is 16.6. The molecule has 0 rings (SSSR count). The second-order valence-corrected chi connectivity index (χ2v) is 15.2. The highest BCUT2D eigenvalue weighted by Gasteiger charge is 2.31. The van der Waals surface area contributed by atoms with Crippen molar-refractivity contribution in [3.8, 4) is 0 Å². The maximum Gasteiger partial charge on any atom is 0.362 e. The Morgan fingerprint density at radius 3 is 1.60 bits per heavy atom. The minimum atomic E-state index is -0.878. The summed E-state index contributed by atoms with van der Waals surface area (Å²) in [5.74, 6) is -1.49. The lowest BCUT2D eigenvalue weighted by atomic mass is 10.0. The molecule has 0 bridgehead atoms. The number of carbonyl (C=O) groups is 3. The first-order valence-electron chi connectivity index (χ1n) is 21.0. The number of carbonyl (C=O) groups excluding carboxylic acids is 2. The monoisotopic (exact) mass is 735 g/mol. The molecule has 0 saturated heterocycles. The Morgan fingerprint density at radius 2 is 1.08 bits per heavy atom. The summed E-state index contributed by atoms with van der Waals surface area (Å²) in [5.41, 5.74) is 0. The van der Waals surface area contributed by atoms with E-state index in [1.807, 2.05) is 21.1 Å². The smallest absolute Gasteiger partial charge is 0.362 e. The van der Waals surface area contributed by atoms with E-state index < -0.39 is 18.1 Å². The number of nitrogens with zero attached hydrogens (tertiary/aromatic N) is 1. The number of unbranched alkanes of at least 4 members (excludes halogenated alkanes) is 17. The quantitative estimate of drug-likeness (QED) is 0.0293. The SMILES string of the molecule is CC/C=C\C/C=C\C/C=C\CCCCCCCC(=O)OC(COCCC(C(=O)O)[N+](C)(C)C)COC(=O)CCCCCCCCCCCCCCC. The van der Waals surface area contributed by atoms with E-state index in [4.69, 9.17) is 14.2 Å². The predicted molar refractivity (Wildman–Crippen MR) is 215 cm³/mol. The molecule has 52 heavy (non-hydrogen) atoms. The molecular formula is C44H80NO7+. The Balaban J connectivity index is 4.40. The standard InChI is InChI=1S/C44H79NO7/c1-6-8-10-12-14-16-18-20-21-23-25-27-29-31-33-35-43(47)52-40(38-50-37-36-41(44(48)49)45(3,4)5)39-51-42(46)34-32-30-28-26-24-22-19-17-15-13-11-9-7-2/h8,10,14,16,20-21,40-41H,6-7,9,11-13,15,17-19,22-39H2,1-5H3/p+1/b10-8-,16-14-,21-20-. The van der Waals surface area contributed by atoms with Crippen LogP contribution in [0.3, 0.4) is 0 Å². The number of ether oxygens (including phenoxy) is 3. The van der Waals surface area contributed by atoms with Gasteiger partial charge in [0.1, 0.15) is 6.61 Å². The van der Waals surface area contributed by atoms with E-state index in [1.54, 1.807) is 0 Å². The molecule has 8 heteroatoms. The number of rotatable bonds is 37. The van der Waals surface area contributed by atoms with Gasteiger partial charge in [-0.25, -0.2) is 4.79 Å². The molecular weight excluding hydrogens is 654 g/mol. The normalized spacial score (nSPS) is 13.3. The largest absolute Gasteiger partial charge is 0.477 e. The van der Waals surface area contributed by atoms with Crippen molar-refractivity contribution < 1.29 is 38.2 Å². The zero-order valence-corrected chi connectivity index (χ0v) is 34.3. The van der Waals surface area contributed by atoms with E-state index in [1.165, 1.54) is 64.2 Å². The molecule has 0 amide bonds. The van der Waals surface area contributed by atoms with Crippen LogP contribution in [0.5, 0.6) is 0 Å². The number of carboxylic acid groups (broad SMARTS) is 1. The first-order chi connectivity index (χ1) is 25.1. The van der Waals surface area contributed by atoms with Gasteiger partial charge in [0.15, 0.2) is 12.1 Å². The van der Waals surface area contributed by atoms with E-state index in [-0.39, 0.29) is 36.2 Å². The second-order valence-electron chi connectivity index (χ2n) is 15.2. The van der Waals surface area contributed by atoms with Crippen LogP contribution in [0.25, 0.3) is 0 Å². The average Bonchev–Trinajstić information content (AvgIpc) is 3.09. The molecule has 0 aromatic rings. The van der Waals surface area contributed by atoms with Crippen molar-refractivity contribution >= 4 is 17.9 Å². The van der Waals surface area contributed by atoms with Crippen LogP contribution in [-0.4, -0.2) is 80.6 Å². The number of aliphatic carboxylic acids is 1. The third kappa shape index (κ3) is 33.4. The van der Waals surface area contributed by atoms with Gasteiger partial charge in [-0.3, -0.25) is 9.59 Å². The third-order valence-electron chi connectivity index (χ3n) is 9.30. The minimum Gasteiger partial charge on any atom is -0.477 e. The summed E-state index contributed by atoms with van der Waals surface area (Å²) < 4.78 is 17.2. The summed E-state index contributed by atoms with van der Waals surface area (Å²) in [7, 11) is 5.52. The van der Waals surface area contributed by atoms with E-state index in [0.29, 0.717) is 19.3 Å². The van der Waals surface area contributed by atoms with Crippen LogP contribution in [0, 0.1) is 0 Å². The molecule has 0 aliphatic carbocycles. The first kappa shape index (κ1) is 49.6. The fourth-order valence-corrected chi connectivity index (χ4v) is 6.05. The number of likely N-dealkylation sites (N-methyl/N-ethyl adjacent to an activating group) is 1. The zero-order chi connectivity index (χ0) is 38.5. The molecule has 1 N–H and O–H groups in total. The molecule has 0 spiro atoms. The Morgan fingerprint density at radius 1 is 0.596 bits per heavy atom. The van der Waals surface area contributed by atoms with Crippen LogP contribution in [0.1, 0.15) is 174 Å². The number of allylic oxidation sites excluding steroid dienone is 6. The van der Waals surface area contributed by atoms with Crippen molar-refractivity contribution in [3.63, 3.8) is 0 Å². The van der Waals surface area contributed by atoms with E-state index >= 15 is 0 Å². The highest BCUT2D eigenvalue weighted by molar-refractivity contribution is 5.72. The number of hydrogen-bond acceptors (Lipinski definition) is 6. The lowest BCUT2D eigenvalue weighted by Crippen LogP contribution is -2.50. The van der Waals surface area contributed by atoms with E-state index in [0.717, 1.165) is 77.0 Å². The number of quaternary nitrogens is 1. The van der Waals surface area contributed by atoms with E-state index in [2.05, 4.69) is 50.3 Å². The van der Waals surface area contributed by atoms with Gasteiger partial charge in [0.05, 0.1) is 34.4 Å². The van der Waals surface area contributed by atoms with Crippen molar-refractivity contribution in [2.45, 2.75) is 187 Å². The summed E-state index contributed by atoms with van der Waals surface area (Å²) in [6, 6.07) is -0.615. The van der Waals surface area contributed by atoms with Crippen molar-refractivity contribution in [1.82, 2.24) is 0 Å². The van der Waals surface area contributed by atoms with Crippen molar-refractivity contribution in [1.29, 1.82) is 0 Å². The van der Waals surface area contributed by atoms with Crippen LogP contribution in [-0.2, 0) is 28.6 Å². The van der Waals surface area contributed by atoms with Gasteiger partial charge in [0.2, 0.25) is 0 Å². The van der Waals surface area contributed by atoms with Crippen LogP contribution in [0.2, 0.25) is 0 Å². The minimum absolute atomic E-state index is 0.0556. The molecule has 0 heterocycles. The van der Waals surface area contributed by atoms with Crippen molar-refractivity contribution in [2.75, 3.05) is 41.0 Å². The molecule has 8 nitrogen and oxygen atoms in total. The Labute approximate surface area is 319 Å². The predicted octanol–water partition coefficient (Wildman–Crippen LogP) is 11.1. The second kappa shape index (κ2) is 35.6. The van der Waals surface area contributed by atoms with Crippen LogP contribution in [0.4, 0.5) is 0 Å². The zero-order valence-electron chi connectivity index (χ0n) is 34.3. The molecule has 0 aliphatic heterocycles. The molecule has 0 fully saturated rings. The Bertz CT molecular complexity index is 953. The molecule has 0 aromatic heterocycles. The van der Waals surface area contributed by atoms with E-state index in [9.17, 15) is 19.5 Å². The maximum atomic E-state index is 12.7. The maximum absolute atomic E-state index is 12.7. The lowest BCUT2D eigenvalue weighted by molar-refractivity contribution is -0.887. The van der Waals surface area contributed by atoms with Crippen molar-refractivity contribution in [2.24, 2.45) is 0 Å². The third-order valence-corrected chi connectivity index (χ3v) is 9.30. The number of esters is 2. The van der Waals surface area contributed by atoms with Gasteiger partial charge >= 0.3 is 17.9 Å². The molecule has 2 atom stereocenters. The fraction of sp³-hybridized carbons (Fsp3) is 0.795. The van der Waals surface area contributed by atoms with Gasteiger partial charge in [-0.1, -0.05) is 147 Å². The topological polar surface area (TPSA) is 99.1 Å². The summed E-state index contributed by atoms with van der Waals surface area (Å²) in [5, 5.41) is 9.60. The summed E-state index contributed by atoms with van der Waals surface area (Å²) >= 11 is 0. The lowest BCUT2D eigenvalue weighted by Gasteiger charge is -2.31. The Kier molecular flexibility index (Phi) is 33.9.